The van der Waals surface area contributed by atoms with Crippen molar-refractivity contribution in [3.8, 4) is 23.0 Å². The third-order valence-corrected chi connectivity index (χ3v) is 5.82. The molecule has 1 aliphatic carbocycles. The van der Waals surface area contributed by atoms with E-state index in [2.05, 4.69) is 69.5 Å². The Labute approximate surface area is 185 Å². The first kappa shape index (κ1) is 20.3. The molecule has 0 aliphatic heterocycles. The lowest BCUT2D eigenvalue weighted by Gasteiger charge is -2.14. The smallest absolute Gasteiger partial charge is 0.407 e. The van der Waals surface area contributed by atoms with Gasteiger partial charge in [0.05, 0.1) is 0 Å². The SMILES string of the molecule is O=C(NCCC#Cc1cccc(CBr)c1)OCC1c2ccccc2-c2ccccc21. The number of halogens is 1. The predicted octanol–water partition coefficient (Wildman–Crippen LogP) is 5.86. The minimum atomic E-state index is -0.403. The number of fused-ring (bicyclic) bond motifs is 3. The number of rotatable bonds is 5. The molecule has 1 amide bonds. The van der Waals surface area contributed by atoms with Crippen LogP contribution >= 0.6 is 15.9 Å². The Morgan fingerprint density at radius 2 is 1.67 bits per heavy atom. The number of carbonyl (C=O) groups excluding carboxylic acids is 1. The number of ether oxygens (including phenoxy) is 1. The van der Waals surface area contributed by atoms with Gasteiger partial charge in [0.25, 0.3) is 0 Å². The molecule has 4 heteroatoms. The molecule has 0 heterocycles. The van der Waals surface area contributed by atoms with Gasteiger partial charge in [-0.3, -0.25) is 0 Å². The van der Waals surface area contributed by atoms with Gasteiger partial charge in [0.1, 0.15) is 6.61 Å². The first-order valence-corrected chi connectivity index (χ1v) is 11.1. The first-order valence-electron chi connectivity index (χ1n) is 9.99. The highest BCUT2D eigenvalue weighted by atomic mass is 79.9. The summed E-state index contributed by atoms with van der Waals surface area (Å²) in [5, 5.41) is 3.60. The van der Waals surface area contributed by atoms with Gasteiger partial charge in [-0.05, 0) is 39.9 Å². The lowest BCUT2D eigenvalue weighted by Crippen LogP contribution is -2.26. The number of hydrogen-bond acceptors (Lipinski definition) is 2. The Balaban J connectivity index is 1.28. The largest absolute Gasteiger partial charge is 0.449 e. The number of alkyl halides is 1. The molecule has 3 aromatic carbocycles. The quantitative estimate of drug-likeness (QED) is 0.294. The summed E-state index contributed by atoms with van der Waals surface area (Å²) < 4.78 is 5.53. The number of alkyl carbamates (subject to hydrolysis) is 1. The summed E-state index contributed by atoms with van der Waals surface area (Å²) in [5.74, 6) is 6.30. The number of carbonyl (C=O) groups is 1. The third-order valence-electron chi connectivity index (χ3n) is 5.18. The molecular formula is C26H22BrNO2. The predicted molar refractivity (Wildman–Crippen MR) is 124 cm³/mol. The van der Waals surface area contributed by atoms with Crippen molar-refractivity contribution < 1.29 is 9.53 Å². The van der Waals surface area contributed by atoms with Gasteiger partial charge in [-0.25, -0.2) is 4.79 Å². The van der Waals surface area contributed by atoms with Crippen molar-refractivity contribution in [3.63, 3.8) is 0 Å². The van der Waals surface area contributed by atoms with E-state index in [4.69, 9.17) is 4.74 Å². The van der Waals surface area contributed by atoms with E-state index in [0.29, 0.717) is 19.6 Å². The fourth-order valence-corrected chi connectivity index (χ4v) is 4.12. The molecule has 0 unspecified atom stereocenters. The number of benzene rings is 3. The standard InChI is InChI=1S/C26H22BrNO2/c27-17-20-10-7-9-19(16-20)8-5-6-15-28-26(29)30-18-25-23-13-3-1-11-21(23)22-12-2-4-14-24(22)25/h1-4,7,9-14,16,25H,6,15,17-18H2,(H,28,29). The third kappa shape index (κ3) is 4.58. The monoisotopic (exact) mass is 459 g/mol. The molecule has 0 saturated carbocycles. The zero-order valence-corrected chi connectivity index (χ0v) is 18.1. The van der Waals surface area contributed by atoms with E-state index in [9.17, 15) is 4.79 Å². The van der Waals surface area contributed by atoms with Crippen LogP contribution in [0.2, 0.25) is 0 Å². The maximum atomic E-state index is 12.2. The van der Waals surface area contributed by atoms with Gasteiger partial charge in [-0.2, -0.15) is 0 Å². The van der Waals surface area contributed by atoms with Crippen molar-refractivity contribution in [1.82, 2.24) is 5.32 Å². The molecule has 3 nitrogen and oxygen atoms in total. The number of amides is 1. The molecule has 0 fully saturated rings. The van der Waals surface area contributed by atoms with Crippen LogP contribution in [0.15, 0.2) is 72.8 Å². The van der Waals surface area contributed by atoms with Gasteiger partial charge in [0, 0.05) is 29.8 Å². The highest BCUT2D eigenvalue weighted by Gasteiger charge is 2.28. The molecular weight excluding hydrogens is 438 g/mol. The lowest BCUT2D eigenvalue weighted by molar-refractivity contribution is 0.143. The van der Waals surface area contributed by atoms with Crippen LogP contribution in [0.25, 0.3) is 11.1 Å². The number of hydrogen-bond donors (Lipinski definition) is 1. The van der Waals surface area contributed by atoms with E-state index in [1.165, 1.54) is 27.8 Å². The van der Waals surface area contributed by atoms with Gasteiger partial charge in [-0.15, -0.1) is 0 Å². The van der Waals surface area contributed by atoms with Gasteiger partial charge < -0.3 is 10.1 Å². The lowest BCUT2D eigenvalue weighted by atomic mass is 9.98. The Bertz CT molecular complexity index is 1070. The topological polar surface area (TPSA) is 38.3 Å². The Hall–Kier alpha value is -3.03. The molecule has 150 valence electrons. The molecule has 0 saturated heterocycles. The van der Waals surface area contributed by atoms with Gasteiger partial charge in [0.2, 0.25) is 0 Å². The fourth-order valence-electron chi connectivity index (χ4n) is 3.77. The molecule has 0 radical (unpaired) electrons. The molecule has 1 N–H and O–H groups in total. The Morgan fingerprint density at radius 1 is 0.967 bits per heavy atom. The molecule has 0 aromatic heterocycles. The summed E-state index contributed by atoms with van der Waals surface area (Å²) in [7, 11) is 0. The molecule has 3 aromatic rings. The van der Waals surface area contributed by atoms with E-state index < -0.39 is 6.09 Å². The number of nitrogens with one attached hydrogen (secondary N) is 1. The van der Waals surface area contributed by atoms with Crippen molar-refractivity contribution in [1.29, 1.82) is 0 Å². The van der Waals surface area contributed by atoms with Crippen molar-refractivity contribution in [2.75, 3.05) is 13.2 Å². The molecule has 0 atom stereocenters. The first-order chi connectivity index (χ1) is 14.8. The minimum absolute atomic E-state index is 0.0738. The Morgan fingerprint density at radius 3 is 2.37 bits per heavy atom. The average Bonchev–Trinajstić information content (AvgIpc) is 3.11. The second kappa shape index (κ2) is 9.65. The van der Waals surface area contributed by atoms with Crippen molar-refractivity contribution in [2.24, 2.45) is 0 Å². The second-order valence-electron chi connectivity index (χ2n) is 7.14. The van der Waals surface area contributed by atoms with E-state index in [0.717, 1.165) is 10.9 Å². The van der Waals surface area contributed by atoms with E-state index in [1.54, 1.807) is 0 Å². The molecule has 0 bridgehead atoms. The highest BCUT2D eigenvalue weighted by molar-refractivity contribution is 9.08. The van der Waals surface area contributed by atoms with Gasteiger partial charge in [-0.1, -0.05) is 88.4 Å². The average molecular weight is 460 g/mol. The molecule has 0 spiro atoms. The van der Waals surface area contributed by atoms with Gasteiger partial charge in [0.15, 0.2) is 0 Å². The van der Waals surface area contributed by atoms with Gasteiger partial charge >= 0.3 is 6.09 Å². The zero-order valence-electron chi connectivity index (χ0n) is 16.5. The van der Waals surface area contributed by atoms with Crippen molar-refractivity contribution >= 4 is 22.0 Å². The summed E-state index contributed by atoms with van der Waals surface area (Å²) in [6.45, 7) is 0.784. The van der Waals surface area contributed by atoms with Crippen LogP contribution < -0.4 is 5.32 Å². The summed E-state index contributed by atoms with van der Waals surface area (Å²) in [6.07, 6.45) is 0.169. The summed E-state index contributed by atoms with van der Waals surface area (Å²) >= 11 is 3.45. The Kier molecular flexibility index (Phi) is 6.51. The van der Waals surface area contributed by atoms with Crippen LogP contribution in [0.1, 0.15) is 34.6 Å². The summed E-state index contributed by atoms with van der Waals surface area (Å²) in [6, 6.07) is 24.7. The van der Waals surface area contributed by atoms with Crippen LogP contribution in [-0.4, -0.2) is 19.2 Å². The minimum Gasteiger partial charge on any atom is -0.449 e. The fraction of sp³-hybridized carbons (Fsp3) is 0.192. The molecule has 30 heavy (non-hydrogen) atoms. The summed E-state index contributed by atoms with van der Waals surface area (Å²) in [4.78, 5) is 12.2. The molecule has 1 aliphatic rings. The van der Waals surface area contributed by atoms with Crippen LogP contribution in [0.5, 0.6) is 0 Å². The van der Waals surface area contributed by atoms with Crippen molar-refractivity contribution in [3.05, 3.63) is 95.1 Å². The van der Waals surface area contributed by atoms with E-state index in [-0.39, 0.29) is 5.92 Å². The maximum absolute atomic E-state index is 12.2. The molecule has 4 rings (SSSR count). The normalized spacial score (nSPS) is 11.8. The summed E-state index contributed by atoms with van der Waals surface area (Å²) in [5.41, 5.74) is 7.04. The van der Waals surface area contributed by atoms with E-state index in [1.807, 2.05) is 36.4 Å². The van der Waals surface area contributed by atoms with Crippen LogP contribution in [0.3, 0.4) is 0 Å². The van der Waals surface area contributed by atoms with Crippen molar-refractivity contribution in [2.45, 2.75) is 17.7 Å². The van der Waals surface area contributed by atoms with Crippen LogP contribution in [0, 0.1) is 11.8 Å². The van der Waals surface area contributed by atoms with E-state index >= 15 is 0 Å². The highest BCUT2D eigenvalue weighted by Crippen LogP contribution is 2.44. The van der Waals surface area contributed by atoms with Crippen LogP contribution in [0.4, 0.5) is 4.79 Å². The van der Waals surface area contributed by atoms with Crippen LogP contribution in [-0.2, 0) is 10.1 Å². The zero-order chi connectivity index (χ0) is 20.8. The maximum Gasteiger partial charge on any atom is 0.407 e. The second-order valence-corrected chi connectivity index (χ2v) is 7.70.